The molecule has 1 aliphatic rings. The van der Waals surface area contributed by atoms with Gasteiger partial charge in [0.05, 0.1) is 6.10 Å². The molecule has 36 heavy (non-hydrogen) atoms. The van der Waals surface area contributed by atoms with E-state index in [0.29, 0.717) is 23.7 Å². The number of ether oxygens (including phenoxy) is 1. The van der Waals surface area contributed by atoms with Gasteiger partial charge in [0.25, 0.3) is 0 Å². The van der Waals surface area contributed by atoms with Crippen molar-refractivity contribution in [3.8, 4) is 0 Å². The number of hydrogen-bond donors (Lipinski definition) is 2. The summed E-state index contributed by atoms with van der Waals surface area (Å²) >= 11 is 0. The molecule has 0 spiro atoms. The molecule has 0 saturated carbocycles. The second-order valence-corrected chi connectivity index (χ2v) is 12.7. The highest BCUT2D eigenvalue weighted by Crippen LogP contribution is 2.28. The number of cyclic esters (lactones) is 1. The number of amides is 2. The van der Waals surface area contributed by atoms with Crippen molar-refractivity contribution in [1.29, 1.82) is 0 Å². The van der Waals surface area contributed by atoms with E-state index in [1.807, 2.05) is 41.5 Å². The number of carbonyl (C=O) groups excluding carboxylic acids is 3. The van der Waals surface area contributed by atoms with Gasteiger partial charge in [-0.15, -0.1) is 0 Å². The maximum Gasteiger partial charge on any atom is 0.329 e. The smallest absolute Gasteiger partial charge is 0.329 e. The van der Waals surface area contributed by atoms with E-state index in [9.17, 15) is 14.4 Å². The second kappa shape index (κ2) is 15.6. The molecule has 2 amide bonds. The minimum Gasteiger partial charge on any atom is -0.461 e. The van der Waals surface area contributed by atoms with Crippen LogP contribution in [-0.2, 0) is 19.1 Å². The van der Waals surface area contributed by atoms with Crippen molar-refractivity contribution in [2.24, 2.45) is 41.4 Å². The van der Waals surface area contributed by atoms with Crippen LogP contribution in [0.25, 0.3) is 0 Å². The zero-order chi connectivity index (χ0) is 27.6. The summed E-state index contributed by atoms with van der Waals surface area (Å²) in [7, 11) is 0. The SMILES string of the molecule is CCC(C)C1NC(=O)C(C(C)C)NC(=O)C(C)CC(C)CC(C)CC(C)CC(C)CCC(C)OC1=O. The molecule has 0 aromatic carbocycles. The average Bonchev–Trinajstić information content (AvgIpc) is 2.77. The highest BCUT2D eigenvalue weighted by molar-refractivity contribution is 5.91. The first-order chi connectivity index (χ1) is 16.7. The molecule has 9 unspecified atom stereocenters. The zero-order valence-corrected chi connectivity index (χ0v) is 24.9. The Hall–Kier alpha value is -1.59. The van der Waals surface area contributed by atoms with Crippen molar-refractivity contribution in [2.45, 2.75) is 132 Å². The average molecular weight is 509 g/mol. The number of nitrogens with one attached hydrogen (secondary N) is 2. The summed E-state index contributed by atoms with van der Waals surface area (Å²) in [5.41, 5.74) is 0. The van der Waals surface area contributed by atoms with E-state index in [2.05, 4.69) is 38.3 Å². The van der Waals surface area contributed by atoms with Gasteiger partial charge in [0.2, 0.25) is 11.8 Å². The number of rotatable bonds is 3. The first-order valence-electron chi connectivity index (χ1n) is 14.6. The Morgan fingerprint density at radius 1 is 0.722 bits per heavy atom. The van der Waals surface area contributed by atoms with Gasteiger partial charge in [-0.2, -0.15) is 0 Å². The third-order valence-corrected chi connectivity index (χ3v) is 8.01. The molecular formula is C30H56N2O4. The maximum absolute atomic E-state index is 13.3. The van der Waals surface area contributed by atoms with Crippen LogP contribution in [0.1, 0.15) is 114 Å². The quantitative estimate of drug-likeness (QED) is 0.450. The van der Waals surface area contributed by atoms with E-state index < -0.39 is 12.1 Å². The summed E-state index contributed by atoms with van der Waals surface area (Å²) in [4.78, 5) is 39.5. The number of hydrogen-bond acceptors (Lipinski definition) is 4. The van der Waals surface area contributed by atoms with Gasteiger partial charge in [-0.25, -0.2) is 4.79 Å². The molecule has 6 nitrogen and oxygen atoms in total. The predicted octanol–water partition coefficient (Wildman–Crippen LogP) is 6.12. The molecule has 0 aromatic rings. The molecule has 0 aromatic heterocycles. The summed E-state index contributed by atoms with van der Waals surface area (Å²) in [5, 5.41) is 5.91. The third kappa shape index (κ3) is 11.2. The van der Waals surface area contributed by atoms with Gasteiger partial charge >= 0.3 is 5.97 Å². The fourth-order valence-electron chi connectivity index (χ4n) is 5.77. The molecule has 6 heteroatoms. The first-order valence-corrected chi connectivity index (χ1v) is 14.6. The summed E-state index contributed by atoms with van der Waals surface area (Å²) < 4.78 is 5.81. The van der Waals surface area contributed by atoms with Crippen molar-refractivity contribution in [2.75, 3.05) is 0 Å². The first kappa shape index (κ1) is 32.4. The molecule has 1 fully saturated rings. The van der Waals surface area contributed by atoms with Crippen molar-refractivity contribution in [3.05, 3.63) is 0 Å². The van der Waals surface area contributed by atoms with Gasteiger partial charge in [-0.1, -0.05) is 68.7 Å². The van der Waals surface area contributed by atoms with Crippen molar-refractivity contribution in [3.63, 3.8) is 0 Å². The molecular weight excluding hydrogens is 452 g/mol. The van der Waals surface area contributed by atoms with Gasteiger partial charge in [0.1, 0.15) is 12.1 Å². The second-order valence-electron chi connectivity index (χ2n) is 12.7. The van der Waals surface area contributed by atoms with Gasteiger partial charge < -0.3 is 15.4 Å². The van der Waals surface area contributed by atoms with E-state index in [-0.39, 0.29) is 41.6 Å². The number of esters is 1. The molecule has 9 atom stereocenters. The fourth-order valence-corrected chi connectivity index (χ4v) is 5.77. The standard InChI is InChI=1S/C30H56N2O4/c1-11-23(8)27-30(35)36-25(10)13-12-19(4)14-20(5)15-21(6)16-22(7)17-24(9)28(33)31-26(18(2)3)29(34)32-27/h18-27H,11-17H2,1-10H3,(H,31,33)(H,32,34). The van der Waals surface area contributed by atoms with Crippen LogP contribution in [0, 0.1) is 41.4 Å². The Morgan fingerprint density at radius 3 is 1.75 bits per heavy atom. The lowest BCUT2D eigenvalue weighted by Crippen LogP contribution is -2.56. The Morgan fingerprint density at radius 2 is 1.22 bits per heavy atom. The normalized spacial score (nSPS) is 35.9. The summed E-state index contributed by atoms with van der Waals surface area (Å²) in [6, 6.07) is -1.43. The zero-order valence-electron chi connectivity index (χ0n) is 24.9. The molecule has 0 radical (unpaired) electrons. The molecule has 1 saturated heterocycles. The van der Waals surface area contributed by atoms with Crippen molar-refractivity contribution in [1.82, 2.24) is 10.6 Å². The van der Waals surface area contributed by atoms with E-state index in [4.69, 9.17) is 4.74 Å². The Labute approximate surface area is 221 Å². The fraction of sp³-hybridized carbons (Fsp3) is 0.900. The summed E-state index contributed by atoms with van der Waals surface area (Å²) in [6.45, 7) is 20.9. The van der Waals surface area contributed by atoms with Gasteiger partial charge in [-0.05, 0) is 81.0 Å². The molecule has 0 aliphatic carbocycles. The van der Waals surface area contributed by atoms with E-state index in [1.165, 1.54) is 12.8 Å². The van der Waals surface area contributed by atoms with E-state index >= 15 is 0 Å². The highest BCUT2D eigenvalue weighted by Gasteiger charge is 2.33. The van der Waals surface area contributed by atoms with Crippen LogP contribution in [0.15, 0.2) is 0 Å². The predicted molar refractivity (Wildman–Crippen MR) is 147 cm³/mol. The van der Waals surface area contributed by atoms with Crippen molar-refractivity contribution >= 4 is 17.8 Å². The van der Waals surface area contributed by atoms with Crippen LogP contribution in [-0.4, -0.2) is 36.0 Å². The largest absolute Gasteiger partial charge is 0.461 e. The van der Waals surface area contributed by atoms with Crippen molar-refractivity contribution < 1.29 is 19.1 Å². The molecule has 2 N–H and O–H groups in total. The minimum absolute atomic E-state index is 0.0726. The van der Waals surface area contributed by atoms with Crippen LogP contribution >= 0.6 is 0 Å². The summed E-state index contributed by atoms with van der Waals surface area (Å²) in [5.74, 6) is 1.09. The van der Waals surface area contributed by atoms with Crippen LogP contribution in [0.4, 0.5) is 0 Å². The molecule has 210 valence electrons. The van der Waals surface area contributed by atoms with Crippen LogP contribution in [0.5, 0.6) is 0 Å². The third-order valence-electron chi connectivity index (χ3n) is 8.01. The topological polar surface area (TPSA) is 84.5 Å². The van der Waals surface area contributed by atoms with Gasteiger partial charge in [-0.3, -0.25) is 9.59 Å². The summed E-state index contributed by atoms with van der Waals surface area (Å²) in [6.07, 6.45) is 6.62. The maximum atomic E-state index is 13.3. The van der Waals surface area contributed by atoms with Crippen LogP contribution in [0.2, 0.25) is 0 Å². The Kier molecular flexibility index (Phi) is 14.1. The molecule has 1 heterocycles. The molecule has 0 bridgehead atoms. The molecule has 1 rings (SSSR count). The van der Waals surface area contributed by atoms with E-state index in [0.717, 1.165) is 32.1 Å². The molecule has 1 aliphatic heterocycles. The Bertz CT molecular complexity index is 694. The van der Waals surface area contributed by atoms with E-state index in [1.54, 1.807) is 0 Å². The lowest BCUT2D eigenvalue weighted by Gasteiger charge is -2.30. The lowest BCUT2D eigenvalue weighted by molar-refractivity contribution is -0.154. The van der Waals surface area contributed by atoms with Crippen LogP contribution < -0.4 is 10.6 Å². The van der Waals surface area contributed by atoms with Crippen LogP contribution in [0.3, 0.4) is 0 Å². The highest BCUT2D eigenvalue weighted by atomic mass is 16.5. The minimum atomic E-state index is -0.731. The van der Waals surface area contributed by atoms with Gasteiger partial charge in [0.15, 0.2) is 0 Å². The Balaban J connectivity index is 3.15. The number of carbonyl (C=O) groups is 3. The van der Waals surface area contributed by atoms with Gasteiger partial charge in [0, 0.05) is 5.92 Å². The monoisotopic (exact) mass is 508 g/mol. The lowest BCUT2D eigenvalue weighted by atomic mass is 9.82.